The van der Waals surface area contributed by atoms with E-state index in [9.17, 15) is 5.11 Å². The number of hydrogen-bond acceptors (Lipinski definition) is 3. The summed E-state index contributed by atoms with van der Waals surface area (Å²) in [4.78, 5) is 4.19. The van der Waals surface area contributed by atoms with Crippen LogP contribution in [0.3, 0.4) is 0 Å². The van der Waals surface area contributed by atoms with Crippen molar-refractivity contribution in [2.75, 3.05) is 7.11 Å². The molecule has 0 saturated carbocycles. The lowest BCUT2D eigenvalue weighted by Crippen LogP contribution is -2.08. The largest absolute Gasteiger partial charge is 0.496 e. The molecule has 1 N–H and O–H groups in total. The number of imidazole rings is 1. The number of hydrogen-bond donors (Lipinski definition) is 1. The van der Waals surface area contributed by atoms with E-state index >= 15 is 0 Å². The van der Waals surface area contributed by atoms with E-state index in [0.29, 0.717) is 6.42 Å². The van der Waals surface area contributed by atoms with Crippen LogP contribution in [0.2, 0.25) is 0 Å². The highest BCUT2D eigenvalue weighted by molar-refractivity contribution is 5.34. The van der Waals surface area contributed by atoms with Crippen molar-refractivity contribution >= 4 is 0 Å². The van der Waals surface area contributed by atoms with Crippen molar-refractivity contribution < 1.29 is 9.84 Å². The first-order valence-electron chi connectivity index (χ1n) is 5.91. The number of methoxy groups -OCH3 is 1. The molecule has 4 heteroatoms. The Morgan fingerprint density at radius 2 is 2.11 bits per heavy atom. The molecule has 0 aliphatic rings. The van der Waals surface area contributed by atoms with Crippen molar-refractivity contribution in [3.8, 4) is 5.75 Å². The van der Waals surface area contributed by atoms with Crippen LogP contribution in [0.15, 0.2) is 30.5 Å². The normalized spacial score (nSPS) is 12.4. The minimum absolute atomic E-state index is 0.517. The second-order valence-corrected chi connectivity index (χ2v) is 4.32. The summed E-state index contributed by atoms with van der Waals surface area (Å²) in [5.74, 6) is 1.69. The third-order valence-electron chi connectivity index (χ3n) is 3.20. The van der Waals surface area contributed by atoms with E-state index in [-0.39, 0.29) is 0 Å². The molecule has 1 aromatic heterocycles. The molecule has 0 spiro atoms. The first-order valence-corrected chi connectivity index (χ1v) is 5.91. The molecule has 2 aromatic rings. The van der Waals surface area contributed by atoms with E-state index in [1.54, 1.807) is 13.3 Å². The fourth-order valence-electron chi connectivity index (χ4n) is 2.01. The van der Waals surface area contributed by atoms with Gasteiger partial charge in [0.25, 0.3) is 0 Å². The molecule has 1 atom stereocenters. The van der Waals surface area contributed by atoms with Gasteiger partial charge in [-0.05, 0) is 18.6 Å². The summed E-state index contributed by atoms with van der Waals surface area (Å²) >= 11 is 0. The van der Waals surface area contributed by atoms with E-state index in [4.69, 9.17) is 4.74 Å². The SMILES string of the molecule is COc1ccccc1CC(O)c1cnc(C)n1C. The molecule has 0 saturated heterocycles. The zero-order valence-corrected chi connectivity index (χ0v) is 10.9. The van der Waals surface area contributed by atoms with Gasteiger partial charge in [-0.2, -0.15) is 0 Å². The smallest absolute Gasteiger partial charge is 0.122 e. The lowest BCUT2D eigenvalue weighted by molar-refractivity contribution is 0.168. The summed E-state index contributed by atoms with van der Waals surface area (Å²) in [6.45, 7) is 1.92. The summed E-state index contributed by atoms with van der Waals surface area (Å²) in [6, 6.07) is 7.73. The van der Waals surface area contributed by atoms with E-state index in [2.05, 4.69) is 4.98 Å². The lowest BCUT2D eigenvalue weighted by atomic mass is 10.0. The summed E-state index contributed by atoms with van der Waals surface area (Å²) in [6.07, 6.45) is 1.66. The zero-order chi connectivity index (χ0) is 13.1. The van der Waals surface area contributed by atoms with Crippen molar-refractivity contribution in [1.29, 1.82) is 0 Å². The van der Waals surface area contributed by atoms with E-state index in [1.807, 2.05) is 42.8 Å². The van der Waals surface area contributed by atoms with Crippen LogP contribution in [0.5, 0.6) is 5.75 Å². The number of benzene rings is 1. The second kappa shape index (κ2) is 5.23. The molecule has 2 rings (SSSR count). The van der Waals surface area contributed by atoms with Crippen molar-refractivity contribution in [1.82, 2.24) is 9.55 Å². The Balaban J connectivity index is 2.21. The van der Waals surface area contributed by atoms with Crippen LogP contribution in [-0.2, 0) is 13.5 Å². The van der Waals surface area contributed by atoms with Gasteiger partial charge in [0.2, 0.25) is 0 Å². The summed E-state index contributed by atoms with van der Waals surface area (Å²) in [5, 5.41) is 10.3. The molecule has 1 unspecified atom stereocenters. The third-order valence-corrected chi connectivity index (χ3v) is 3.20. The number of ether oxygens (including phenoxy) is 1. The first-order chi connectivity index (χ1) is 8.63. The Kier molecular flexibility index (Phi) is 3.67. The minimum atomic E-state index is -0.576. The average Bonchev–Trinajstić information content (AvgIpc) is 2.71. The van der Waals surface area contributed by atoms with Crippen LogP contribution >= 0.6 is 0 Å². The Hall–Kier alpha value is -1.81. The van der Waals surface area contributed by atoms with Crippen molar-refractivity contribution in [2.24, 2.45) is 7.05 Å². The van der Waals surface area contributed by atoms with Gasteiger partial charge in [-0.25, -0.2) is 4.98 Å². The molecule has 18 heavy (non-hydrogen) atoms. The van der Waals surface area contributed by atoms with Crippen LogP contribution < -0.4 is 4.74 Å². The Labute approximate surface area is 107 Å². The fraction of sp³-hybridized carbons (Fsp3) is 0.357. The Morgan fingerprint density at radius 1 is 1.39 bits per heavy atom. The number of rotatable bonds is 4. The summed E-state index contributed by atoms with van der Waals surface area (Å²) < 4.78 is 7.19. The molecule has 0 aliphatic heterocycles. The number of nitrogens with zero attached hydrogens (tertiary/aromatic N) is 2. The van der Waals surface area contributed by atoms with Gasteiger partial charge in [0, 0.05) is 13.5 Å². The zero-order valence-electron chi connectivity index (χ0n) is 10.9. The molecule has 0 fully saturated rings. The van der Waals surface area contributed by atoms with Gasteiger partial charge in [0.05, 0.1) is 25.1 Å². The quantitative estimate of drug-likeness (QED) is 0.897. The van der Waals surface area contributed by atoms with E-state index in [1.165, 1.54) is 0 Å². The van der Waals surface area contributed by atoms with Crippen LogP contribution in [0.25, 0.3) is 0 Å². The predicted molar refractivity (Wildman–Crippen MR) is 69.6 cm³/mol. The molecule has 0 bridgehead atoms. The van der Waals surface area contributed by atoms with E-state index < -0.39 is 6.10 Å². The third kappa shape index (κ3) is 2.38. The van der Waals surface area contributed by atoms with Gasteiger partial charge in [0.1, 0.15) is 11.6 Å². The average molecular weight is 246 g/mol. The summed E-state index contributed by atoms with van der Waals surface area (Å²) in [7, 11) is 3.54. The van der Waals surface area contributed by atoms with Gasteiger partial charge in [-0.15, -0.1) is 0 Å². The molecule has 1 heterocycles. The lowest BCUT2D eigenvalue weighted by Gasteiger charge is -2.14. The Morgan fingerprint density at radius 3 is 2.72 bits per heavy atom. The molecule has 1 aromatic carbocycles. The molecule has 0 amide bonds. The maximum Gasteiger partial charge on any atom is 0.122 e. The number of aryl methyl sites for hydroxylation is 1. The molecule has 96 valence electrons. The highest BCUT2D eigenvalue weighted by Crippen LogP contribution is 2.24. The molecule has 0 aliphatic carbocycles. The van der Waals surface area contributed by atoms with Gasteiger partial charge in [-0.3, -0.25) is 0 Å². The van der Waals surface area contributed by atoms with Gasteiger partial charge >= 0.3 is 0 Å². The minimum Gasteiger partial charge on any atom is -0.496 e. The van der Waals surface area contributed by atoms with Gasteiger partial charge in [0.15, 0.2) is 0 Å². The topological polar surface area (TPSA) is 47.3 Å². The first kappa shape index (κ1) is 12.6. The van der Waals surface area contributed by atoms with Crippen molar-refractivity contribution in [3.05, 3.63) is 47.5 Å². The standard InChI is InChI=1S/C14H18N2O2/c1-10-15-9-12(16(10)2)13(17)8-11-6-4-5-7-14(11)18-3/h4-7,9,13,17H,8H2,1-3H3. The number of aliphatic hydroxyl groups excluding tert-OH is 1. The molecular weight excluding hydrogens is 228 g/mol. The maximum atomic E-state index is 10.3. The number of aliphatic hydroxyl groups is 1. The van der Waals surface area contributed by atoms with Crippen molar-refractivity contribution in [2.45, 2.75) is 19.4 Å². The maximum absolute atomic E-state index is 10.3. The number of aromatic nitrogens is 2. The van der Waals surface area contributed by atoms with Crippen molar-refractivity contribution in [3.63, 3.8) is 0 Å². The van der Waals surface area contributed by atoms with E-state index in [0.717, 1.165) is 22.8 Å². The second-order valence-electron chi connectivity index (χ2n) is 4.32. The van der Waals surface area contributed by atoms with Crippen LogP contribution in [-0.4, -0.2) is 21.8 Å². The van der Waals surface area contributed by atoms with Gasteiger partial charge < -0.3 is 14.4 Å². The summed E-state index contributed by atoms with van der Waals surface area (Å²) in [5.41, 5.74) is 1.81. The van der Waals surface area contributed by atoms with Crippen LogP contribution in [0, 0.1) is 6.92 Å². The highest BCUT2D eigenvalue weighted by Gasteiger charge is 2.15. The molecular formula is C14H18N2O2. The number of para-hydroxylation sites is 1. The highest BCUT2D eigenvalue weighted by atomic mass is 16.5. The monoisotopic (exact) mass is 246 g/mol. The fourth-order valence-corrected chi connectivity index (χ4v) is 2.01. The molecule has 4 nitrogen and oxygen atoms in total. The van der Waals surface area contributed by atoms with Crippen LogP contribution in [0.4, 0.5) is 0 Å². The molecule has 0 radical (unpaired) electrons. The van der Waals surface area contributed by atoms with Crippen LogP contribution in [0.1, 0.15) is 23.2 Å². The predicted octanol–water partition coefficient (Wildman–Crippen LogP) is 2.01. The van der Waals surface area contributed by atoms with Gasteiger partial charge in [-0.1, -0.05) is 18.2 Å². The Bertz CT molecular complexity index is 534.